The molecule has 72 valence electrons. The number of anilines is 2. The van der Waals surface area contributed by atoms with E-state index in [2.05, 4.69) is 15.1 Å². The summed E-state index contributed by atoms with van der Waals surface area (Å²) in [7, 11) is 1.90. The maximum absolute atomic E-state index is 5.61. The average molecular weight is 181 g/mol. The molecule has 1 aliphatic heterocycles. The van der Waals surface area contributed by atoms with Crippen LogP contribution in [0.3, 0.4) is 0 Å². The molecule has 5 heteroatoms. The summed E-state index contributed by atoms with van der Waals surface area (Å²) >= 11 is 0. The molecule has 1 aliphatic rings. The molecule has 0 radical (unpaired) electrons. The van der Waals surface area contributed by atoms with Crippen LogP contribution in [0.15, 0.2) is 0 Å². The number of nitrogens with two attached hydrogens (primary N) is 1. The van der Waals surface area contributed by atoms with E-state index in [0.717, 1.165) is 19.0 Å². The van der Waals surface area contributed by atoms with Crippen LogP contribution in [0.4, 0.5) is 11.9 Å². The molecule has 2 heterocycles. The topological polar surface area (TPSA) is 60.0 Å². The van der Waals surface area contributed by atoms with E-state index in [0.29, 0.717) is 5.95 Å². The van der Waals surface area contributed by atoms with Crippen LogP contribution in [0, 0.1) is 0 Å². The van der Waals surface area contributed by atoms with Crippen LogP contribution in [0.25, 0.3) is 0 Å². The van der Waals surface area contributed by atoms with Gasteiger partial charge in [0.1, 0.15) is 0 Å². The zero-order valence-corrected chi connectivity index (χ0v) is 7.90. The molecule has 0 unspecified atom stereocenters. The molecule has 5 nitrogen and oxygen atoms in total. The van der Waals surface area contributed by atoms with E-state index in [9.17, 15) is 0 Å². The van der Waals surface area contributed by atoms with Gasteiger partial charge in [-0.1, -0.05) is 0 Å². The fourth-order valence-corrected chi connectivity index (χ4v) is 1.70. The number of piperidine rings is 1. The van der Waals surface area contributed by atoms with Crippen molar-refractivity contribution in [3.05, 3.63) is 0 Å². The maximum Gasteiger partial charge on any atom is 0.228 e. The van der Waals surface area contributed by atoms with Gasteiger partial charge >= 0.3 is 0 Å². The lowest BCUT2D eigenvalue weighted by molar-refractivity contribution is 0.562. The van der Waals surface area contributed by atoms with Crippen molar-refractivity contribution in [3.63, 3.8) is 0 Å². The van der Waals surface area contributed by atoms with Crippen LogP contribution in [-0.4, -0.2) is 27.9 Å². The van der Waals surface area contributed by atoms with Gasteiger partial charge in [-0.25, -0.2) is 0 Å². The Hall–Kier alpha value is -1.26. The lowest BCUT2D eigenvalue weighted by atomic mass is 10.1. The van der Waals surface area contributed by atoms with Crippen LogP contribution < -0.4 is 10.6 Å². The van der Waals surface area contributed by atoms with Crippen molar-refractivity contribution in [1.29, 1.82) is 0 Å². The highest BCUT2D eigenvalue weighted by Gasteiger charge is 2.16. The predicted molar refractivity (Wildman–Crippen MR) is 51.5 cm³/mol. The number of nitrogens with zero attached hydrogens (tertiary/aromatic N) is 4. The normalized spacial score (nSPS) is 17.8. The van der Waals surface area contributed by atoms with Crippen LogP contribution in [0.1, 0.15) is 19.3 Å². The Kier molecular flexibility index (Phi) is 2.08. The molecule has 2 rings (SSSR count). The summed E-state index contributed by atoms with van der Waals surface area (Å²) in [4.78, 5) is 2.24. The zero-order chi connectivity index (χ0) is 9.26. The first-order valence-corrected chi connectivity index (χ1v) is 4.69. The van der Waals surface area contributed by atoms with E-state index < -0.39 is 0 Å². The van der Waals surface area contributed by atoms with Crippen molar-refractivity contribution in [3.8, 4) is 0 Å². The molecule has 13 heavy (non-hydrogen) atoms. The number of nitrogen functional groups attached to an aromatic ring is 1. The highest BCUT2D eigenvalue weighted by molar-refractivity contribution is 5.36. The van der Waals surface area contributed by atoms with Gasteiger partial charge in [-0.15, -0.1) is 10.2 Å². The van der Waals surface area contributed by atoms with Gasteiger partial charge in [0, 0.05) is 20.1 Å². The second kappa shape index (κ2) is 3.24. The lowest BCUT2D eigenvalue weighted by Gasteiger charge is -2.26. The van der Waals surface area contributed by atoms with Gasteiger partial charge in [0.2, 0.25) is 11.9 Å². The van der Waals surface area contributed by atoms with Crippen LogP contribution >= 0.6 is 0 Å². The third-order valence-electron chi connectivity index (χ3n) is 2.52. The summed E-state index contributed by atoms with van der Waals surface area (Å²) in [5, 5.41) is 7.89. The first kappa shape index (κ1) is 8.34. The Morgan fingerprint density at radius 3 is 2.38 bits per heavy atom. The fraction of sp³-hybridized carbons (Fsp3) is 0.750. The molecule has 0 amide bonds. The van der Waals surface area contributed by atoms with E-state index in [-0.39, 0.29) is 0 Å². The smallest absolute Gasteiger partial charge is 0.228 e. The van der Waals surface area contributed by atoms with E-state index in [1.54, 1.807) is 0 Å². The summed E-state index contributed by atoms with van der Waals surface area (Å²) in [5.74, 6) is 1.39. The summed E-state index contributed by atoms with van der Waals surface area (Å²) < 4.78 is 1.84. The lowest BCUT2D eigenvalue weighted by Crippen LogP contribution is -2.31. The first-order valence-electron chi connectivity index (χ1n) is 4.69. The van der Waals surface area contributed by atoms with Gasteiger partial charge in [0.15, 0.2) is 0 Å². The van der Waals surface area contributed by atoms with Crippen LogP contribution in [0.5, 0.6) is 0 Å². The third kappa shape index (κ3) is 1.46. The molecule has 0 spiro atoms. The van der Waals surface area contributed by atoms with Crippen molar-refractivity contribution in [2.75, 3.05) is 23.7 Å². The minimum atomic E-state index is 0.487. The van der Waals surface area contributed by atoms with Gasteiger partial charge in [-0.3, -0.25) is 4.57 Å². The van der Waals surface area contributed by atoms with E-state index in [4.69, 9.17) is 5.73 Å². The van der Waals surface area contributed by atoms with Crippen molar-refractivity contribution >= 4 is 11.9 Å². The van der Waals surface area contributed by atoms with Crippen LogP contribution in [0.2, 0.25) is 0 Å². The average Bonchev–Trinajstić information content (AvgIpc) is 2.49. The summed E-state index contributed by atoms with van der Waals surface area (Å²) in [6.07, 6.45) is 3.81. The van der Waals surface area contributed by atoms with Gasteiger partial charge in [0.25, 0.3) is 0 Å². The zero-order valence-electron chi connectivity index (χ0n) is 7.90. The Labute approximate surface area is 77.5 Å². The SMILES string of the molecule is Cn1c(N)nnc1N1CCCCC1. The minimum absolute atomic E-state index is 0.487. The molecular weight excluding hydrogens is 166 g/mol. The van der Waals surface area contributed by atoms with Crippen molar-refractivity contribution in [2.45, 2.75) is 19.3 Å². The molecule has 1 fully saturated rings. The van der Waals surface area contributed by atoms with Gasteiger partial charge in [-0.2, -0.15) is 0 Å². The van der Waals surface area contributed by atoms with Crippen molar-refractivity contribution in [2.24, 2.45) is 7.05 Å². The molecule has 0 aliphatic carbocycles. The molecular formula is C8H15N5. The summed E-state index contributed by atoms with van der Waals surface area (Å²) in [6.45, 7) is 2.15. The van der Waals surface area contributed by atoms with Crippen molar-refractivity contribution in [1.82, 2.24) is 14.8 Å². The molecule has 0 saturated carbocycles. The second-order valence-corrected chi connectivity index (χ2v) is 3.46. The summed E-state index contributed by atoms with van der Waals surface area (Å²) in [6, 6.07) is 0. The molecule has 1 aromatic heterocycles. The van der Waals surface area contributed by atoms with Gasteiger partial charge in [0.05, 0.1) is 0 Å². The third-order valence-corrected chi connectivity index (χ3v) is 2.52. The Morgan fingerprint density at radius 2 is 1.85 bits per heavy atom. The monoisotopic (exact) mass is 181 g/mol. The molecule has 1 aromatic rings. The fourth-order valence-electron chi connectivity index (χ4n) is 1.70. The Morgan fingerprint density at radius 1 is 1.15 bits per heavy atom. The molecule has 0 atom stereocenters. The number of aromatic nitrogens is 3. The first-order chi connectivity index (χ1) is 6.29. The predicted octanol–water partition coefficient (Wildman–Crippen LogP) is 0.388. The maximum atomic E-state index is 5.61. The van der Waals surface area contributed by atoms with Gasteiger partial charge < -0.3 is 10.6 Å². The number of rotatable bonds is 1. The molecule has 1 saturated heterocycles. The summed E-state index contributed by atoms with van der Waals surface area (Å²) in [5.41, 5.74) is 5.61. The highest BCUT2D eigenvalue weighted by Crippen LogP contribution is 2.17. The Bertz CT molecular complexity index is 287. The van der Waals surface area contributed by atoms with Gasteiger partial charge in [-0.05, 0) is 19.3 Å². The largest absolute Gasteiger partial charge is 0.368 e. The van der Waals surface area contributed by atoms with Crippen LogP contribution in [-0.2, 0) is 7.05 Å². The van der Waals surface area contributed by atoms with E-state index in [1.165, 1.54) is 19.3 Å². The van der Waals surface area contributed by atoms with E-state index >= 15 is 0 Å². The van der Waals surface area contributed by atoms with Crippen molar-refractivity contribution < 1.29 is 0 Å². The minimum Gasteiger partial charge on any atom is -0.368 e. The molecule has 0 bridgehead atoms. The second-order valence-electron chi connectivity index (χ2n) is 3.46. The molecule has 0 aromatic carbocycles. The quantitative estimate of drug-likeness (QED) is 0.680. The standard InChI is InChI=1S/C8H15N5/c1-12-7(9)10-11-8(12)13-5-3-2-4-6-13/h2-6H2,1H3,(H2,9,10). The Balaban J connectivity index is 2.18. The number of hydrogen-bond acceptors (Lipinski definition) is 4. The molecule has 2 N–H and O–H groups in total. The number of hydrogen-bond donors (Lipinski definition) is 1. The van der Waals surface area contributed by atoms with E-state index in [1.807, 2.05) is 11.6 Å². The highest BCUT2D eigenvalue weighted by atomic mass is 15.4.